The summed E-state index contributed by atoms with van der Waals surface area (Å²) >= 11 is 6.84. The molecule has 0 saturated heterocycles. The zero-order chi connectivity index (χ0) is 12.9. The maximum absolute atomic E-state index is 12.1. The van der Waals surface area contributed by atoms with Gasteiger partial charge in [-0.1, -0.05) is 23.4 Å². The first-order valence-electron chi connectivity index (χ1n) is 5.59. The van der Waals surface area contributed by atoms with Crippen molar-refractivity contribution in [1.82, 2.24) is 0 Å². The Hall–Kier alpha value is -1.26. The van der Waals surface area contributed by atoms with Crippen LogP contribution >= 0.6 is 23.4 Å². The molecular weight excluding hydrogens is 272 g/mol. The van der Waals surface area contributed by atoms with Gasteiger partial charge < -0.3 is 5.11 Å². The minimum absolute atomic E-state index is 0.128. The van der Waals surface area contributed by atoms with Crippen molar-refractivity contribution in [3.63, 3.8) is 0 Å². The number of aryl methyl sites for hydroxylation is 2. The second-order valence-electron chi connectivity index (χ2n) is 4.35. The quantitative estimate of drug-likeness (QED) is 0.804. The van der Waals surface area contributed by atoms with Crippen molar-refractivity contribution in [3.8, 4) is 0 Å². The molecule has 0 fully saturated rings. The highest BCUT2D eigenvalue weighted by atomic mass is 35.5. The van der Waals surface area contributed by atoms with E-state index in [1.165, 1.54) is 11.1 Å². The number of carboxylic acids is 1. The molecule has 0 atom stereocenters. The summed E-state index contributed by atoms with van der Waals surface area (Å²) in [5, 5.41) is 8.46. The average molecular weight is 281 g/mol. The number of hydrogen-bond donors (Lipinski definition) is 1. The third kappa shape index (κ3) is 1.68. The molecule has 3 rings (SSSR count). The van der Waals surface area contributed by atoms with E-state index in [0.29, 0.717) is 5.56 Å². The van der Waals surface area contributed by atoms with Gasteiger partial charge in [0.05, 0.1) is 4.91 Å². The number of Topliss-reactive ketones (excluding diaryl/α,β-unsaturated/α-hetero) is 1. The van der Waals surface area contributed by atoms with Crippen LogP contribution in [0, 0.1) is 0 Å². The van der Waals surface area contributed by atoms with E-state index in [-0.39, 0.29) is 15.7 Å². The summed E-state index contributed by atoms with van der Waals surface area (Å²) in [6, 6.07) is 3.89. The molecule has 0 radical (unpaired) electrons. The van der Waals surface area contributed by atoms with Gasteiger partial charge in [0.25, 0.3) is 0 Å². The molecule has 2 aliphatic rings. The summed E-state index contributed by atoms with van der Waals surface area (Å²) in [5.41, 5.74) is 3.06. The van der Waals surface area contributed by atoms with Gasteiger partial charge in [0.15, 0.2) is 0 Å². The number of fused-ring (bicyclic) bond motifs is 2. The fraction of sp³-hybridized carbons (Fsp3) is 0.231. The number of benzene rings is 1. The van der Waals surface area contributed by atoms with E-state index in [2.05, 4.69) is 0 Å². The molecule has 5 heteroatoms. The first kappa shape index (κ1) is 11.8. The number of halogens is 1. The Balaban J connectivity index is 2.11. The number of carbonyl (C=O) groups excluding carboxylic acids is 1. The molecule has 1 N–H and O–H groups in total. The molecule has 0 saturated carbocycles. The first-order chi connectivity index (χ1) is 8.58. The number of hydrogen-bond acceptors (Lipinski definition) is 3. The third-order valence-electron chi connectivity index (χ3n) is 3.24. The third-order valence-corrected chi connectivity index (χ3v) is 4.86. The van der Waals surface area contributed by atoms with E-state index in [9.17, 15) is 9.59 Å². The number of ketones is 1. The lowest BCUT2D eigenvalue weighted by atomic mass is 10.0. The van der Waals surface area contributed by atoms with Gasteiger partial charge in [0, 0.05) is 10.5 Å². The predicted octanol–water partition coefficient (Wildman–Crippen LogP) is 3.00. The fourth-order valence-electron chi connectivity index (χ4n) is 2.38. The van der Waals surface area contributed by atoms with Gasteiger partial charge in [0.2, 0.25) is 5.78 Å². The van der Waals surface area contributed by atoms with Gasteiger partial charge in [0.1, 0.15) is 5.03 Å². The molecule has 92 valence electrons. The number of aliphatic carboxylic acids is 1. The van der Waals surface area contributed by atoms with Crippen LogP contribution in [0.2, 0.25) is 0 Å². The summed E-state index contributed by atoms with van der Waals surface area (Å²) in [5.74, 6) is -1.52. The highest BCUT2D eigenvalue weighted by molar-refractivity contribution is 8.04. The lowest BCUT2D eigenvalue weighted by Gasteiger charge is -2.01. The van der Waals surface area contributed by atoms with Crippen LogP contribution in [0.15, 0.2) is 27.0 Å². The van der Waals surface area contributed by atoms with E-state index in [1.807, 2.05) is 12.1 Å². The second kappa shape index (κ2) is 4.14. The van der Waals surface area contributed by atoms with Crippen molar-refractivity contribution >= 4 is 35.1 Å². The minimum Gasteiger partial charge on any atom is -0.477 e. The standard InChI is InChI=1S/C13H9ClO3S/c14-10(13(16)17)12-11(15)8-4-6-2-1-3-7(6)5-9(8)18-12/h4-5H,1-3H2,(H,16,17). The number of carbonyl (C=O) groups is 2. The average Bonchev–Trinajstić information content (AvgIpc) is 2.90. The molecule has 18 heavy (non-hydrogen) atoms. The molecule has 1 heterocycles. The highest BCUT2D eigenvalue weighted by Gasteiger charge is 2.32. The van der Waals surface area contributed by atoms with Crippen LogP contribution in [-0.2, 0) is 17.6 Å². The van der Waals surface area contributed by atoms with Crippen molar-refractivity contribution in [2.75, 3.05) is 0 Å². The van der Waals surface area contributed by atoms with Crippen molar-refractivity contribution in [1.29, 1.82) is 0 Å². The second-order valence-corrected chi connectivity index (χ2v) is 5.78. The number of rotatable bonds is 1. The molecule has 0 amide bonds. The molecule has 1 aromatic carbocycles. The Morgan fingerprint density at radius 1 is 1.28 bits per heavy atom. The van der Waals surface area contributed by atoms with E-state index in [1.54, 1.807) is 0 Å². The van der Waals surface area contributed by atoms with Gasteiger partial charge in [-0.2, -0.15) is 0 Å². The van der Waals surface area contributed by atoms with Crippen LogP contribution in [0.3, 0.4) is 0 Å². The molecule has 1 aliphatic carbocycles. The predicted molar refractivity (Wildman–Crippen MR) is 69.2 cm³/mol. The summed E-state index contributed by atoms with van der Waals surface area (Å²) < 4.78 is 0. The van der Waals surface area contributed by atoms with E-state index in [4.69, 9.17) is 16.7 Å². The zero-order valence-corrected chi connectivity index (χ0v) is 10.9. The van der Waals surface area contributed by atoms with Crippen molar-refractivity contribution < 1.29 is 14.7 Å². The van der Waals surface area contributed by atoms with Gasteiger partial charge in [-0.15, -0.1) is 0 Å². The molecule has 3 nitrogen and oxygen atoms in total. The van der Waals surface area contributed by atoms with Crippen LogP contribution in [0.4, 0.5) is 0 Å². The van der Waals surface area contributed by atoms with Crippen molar-refractivity contribution in [3.05, 3.63) is 38.8 Å². The van der Waals surface area contributed by atoms with E-state index >= 15 is 0 Å². The summed E-state index contributed by atoms with van der Waals surface area (Å²) in [4.78, 5) is 23.9. The van der Waals surface area contributed by atoms with Gasteiger partial charge in [-0.25, -0.2) is 4.79 Å². The Bertz CT molecular complexity index is 619. The van der Waals surface area contributed by atoms with Gasteiger partial charge >= 0.3 is 5.97 Å². The Labute approximate surface area is 113 Å². The molecule has 0 bridgehead atoms. The summed E-state index contributed by atoms with van der Waals surface area (Å²) in [7, 11) is 0. The maximum Gasteiger partial charge on any atom is 0.348 e. The molecule has 1 aliphatic heterocycles. The normalized spacial score (nSPS) is 19.7. The van der Waals surface area contributed by atoms with Crippen molar-refractivity contribution in [2.45, 2.75) is 24.2 Å². The molecular formula is C13H9ClO3S. The monoisotopic (exact) mass is 280 g/mol. The van der Waals surface area contributed by atoms with Gasteiger partial charge in [-0.05, 0) is 42.5 Å². The van der Waals surface area contributed by atoms with Crippen LogP contribution in [0.5, 0.6) is 0 Å². The maximum atomic E-state index is 12.1. The largest absolute Gasteiger partial charge is 0.477 e. The molecule has 0 aromatic heterocycles. The number of carboxylic acid groups (broad SMARTS) is 1. The first-order valence-corrected chi connectivity index (χ1v) is 6.79. The van der Waals surface area contributed by atoms with Gasteiger partial charge in [-0.3, -0.25) is 4.79 Å². The SMILES string of the molecule is O=C(O)C(Cl)=C1Sc2cc3c(cc2C1=O)CCC3. The topological polar surface area (TPSA) is 54.4 Å². The van der Waals surface area contributed by atoms with Crippen molar-refractivity contribution in [2.24, 2.45) is 0 Å². The zero-order valence-electron chi connectivity index (χ0n) is 9.33. The number of allylic oxidation sites excluding steroid dienone is 1. The van der Waals surface area contributed by atoms with Crippen LogP contribution in [-0.4, -0.2) is 16.9 Å². The lowest BCUT2D eigenvalue weighted by Crippen LogP contribution is -2.02. The fourth-order valence-corrected chi connectivity index (χ4v) is 3.65. The Morgan fingerprint density at radius 3 is 2.61 bits per heavy atom. The smallest absolute Gasteiger partial charge is 0.348 e. The van der Waals surface area contributed by atoms with E-state index < -0.39 is 5.97 Å². The Morgan fingerprint density at radius 2 is 1.94 bits per heavy atom. The summed E-state index contributed by atoms with van der Waals surface area (Å²) in [6.07, 6.45) is 3.14. The number of thioether (sulfide) groups is 1. The van der Waals surface area contributed by atoms with Crippen LogP contribution in [0.25, 0.3) is 0 Å². The molecule has 1 aromatic rings. The summed E-state index contributed by atoms with van der Waals surface area (Å²) in [6.45, 7) is 0. The minimum atomic E-state index is -1.26. The highest BCUT2D eigenvalue weighted by Crippen LogP contribution is 2.44. The molecule has 0 spiro atoms. The Kier molecular flexibility index (Phi) is 2.72. The van der Waals surface area contributed by atoms with Crippen LogP contribution in [0.1, 0.15) is 27.9 Å². The van der Waals surface area contributed by atoms with Crippen LogP contribution < -0.4 is 0 Å². The van der Waals surface area contributed by atoms with E-state index in [0.717, 1.165) is 35.9 Å². The molecule has 0 unspecified atom stereocenters. The lowest BCUT2D eigenvalue weighted by molar-refractivity contribution is -0.131.